The van der Waals surface area contributed by atoms with Crippen LogP contribution in [0, 0.1) is 0 Å². The maximum Gasteiger partial charge on any atom is 0.182 e. The van der Waals surface area contributed by atoms with Gasteiger partial charge in [0.1, 0.15) is 11.4 Å². The van der Waals surface area contributed by atoms with E-state index in [4.69, 9.17) is 16.7 Å². The van der Waals surface area contributed by atoms with Crippen LogP contribution >= 0.6 is 11.6 Å². The summed E-state index contributed by atoms with van der Waals surface area (Å²) < 4.78 is 1.94. The third-order valence-corrected chi connectivity index (χ3v) is 6.13. The molecule has 7 nitrogen and oxygen atoms in total. The molecule has 0 amide bonds. The summed E-state index contributed by atoms with van der Waals surface area (Å²) in [5.74, 6) is 0. The van der Waals surface area contributed by atoms with Crippen LogP contribution < -0.4 is 0 Å². The van der Waals surface area contributed by atoms with Gasteiger partial charge >= 0.3 is 0 Å². The van der Waals surface area contributed by atoms with E-state index in [0.29, 0.717) is 16.4 Å². The van der Waals surface area contributed by atoms with Crippen LogP contribution in [0.1, 0.15) is 12.1 Å². The van der Waals surface area contributed by atoms with Gasteiger partial charge in [0, 0.05) is 50.9 Å². The SMILES string of the molecule is CN1CCN(CCn2nc(C3=CCC=N3)c3c(Cl)c(-c4ccccc4)nnc32)CC1. The summed E-state index contributed by atoms with van der Waals surface area (Å²) >= 11 is 6.89. The lowest BCUT2D eigenvalue weighted by atomic mass is 10.1. The monoisotopic (exact) mass is 421 g/mol. The summed E-state index contributed by atoms with van der Waals surface area (Å²) in [6.07, 6.45) is 4.78. The molecule has 2 aromatic heterocycles. The van der Waals surface area contributed by atoms with Crippen LogP contribution in [0.5, 0.6) is 0 Å². The first-order valence-electron chi connectivity index (χ1n) is 10.3. The van der Waals surface area contributed by atoms with Crippen molar-refractivity contribution in [2.24, 2.45) is 4.99 Å². The van der Waals surface area contributed by atoms with E-state index in [1.807, 2.05) is 41.2 Å². The third kappa shape index (κ3) is 3.64. The first kappa shape index (κ1) is 19.4. The Morgan fingerprint density at radius 2 is 1.77 bits per heavy atom. The topological polar surface area (TPSA) is 62.4 Å². The first-order valence-corrected chi connectivity index (χ1v) is 10.7. The van der Waals surface area contributed by atoms with Crippen molar-refractivity contribution in [1.82, 2.24) is 29.8 Å². The van der Waals surface area contributed by atoms with Gasteiger partial charge < -0.3 is 4.90 Å². The van der Waals surface area contributed by atoms with Crippen molar-refractivity contribution >= 4 is 34.5 Å². The van der Waals surface area contributed by atoms with Crippen LogP contribution in [0.2, 0.25) is 5.02 Å². The molecule has 1 fully saturated rings. The second-order valence-electron chi connectivity index (χ2n) is 7.78. The Bertz CT molecular complexity index is 1110. The lowest BCUT2D eigenvalue weighted by Gasteiger charge is -2.32. The molecule has 1 aromatic carbocycles. The summed E-state index contributed by atoms with van der Waals surface area (Å²) in [5, 5.41) is 15.3. The van der Waals surface area contributed by atoms with E-state index in [9.17, 15) is 0 Å². The van der Waals surface area contributed by atoms with Crippen LogP contribution in [-0.4, -0.2) is 75.8 Å². The summed E-state index contributed by atoms with van der Waals surface area (Å²) in [7, 11) is 2.17. The van der Waals surface area contributed by atoms with Gasteiger partial charge in [-0.1, -0.05) is 48.0 Å². The molecule has 0 aliphatic carbocycles. The average molecular weight is 422 g/mol. The molecule has 4 heterocycles. The number of aliphatic imine (C=N–C) groups is 1. The van der Waals surface area contributed by atoms with Crippen molar-refractivity contribution in [3.05, 3.63) is 47.1 Å². The third-order valence-electron chi connectivity index (χ3n) is 5.76. The van der Waals surface area contributed by atoms with Crippen molar-refractivity contribution in [2.75, 3.05) is 39.8 Å². The molecule has 0 unspecified atom stereocenters. The molecular weight excluding hydrogens is 398 g/mol. The molecule has 3 aromatic rings. The van der Waals surface area contributed by atoms with E-state index < -0.39 is 0 Å². The molecule has 0 spiro atoms. The Morgan fingerprint density at radius 3 is 2.50 bits per heavy atom. The maximum absolute atomic E-state index is 6.89. The number of aromatic nitrogens is 4. The van der Waals surface area contributed by atoms with E-state index in [0.717, 1.165) is 68.0 Å². The minimum absolute atomic E-state index is 0.579. The molecule has 2 aliphatic rings. The number of benzene rings is 1. The first-order chi connectivity index (χ1) is 14.7. The van der Waals surface area contributed by atoms with Gasteiger partial charge in [0.05, 0.1) is 22.7 Å². The number of halogens is 1. The van der Waals surface area contributed by atoms with Crippen molar-refractivity contribution in [2.45, 2.75) is 13.0 Å². The number of hydrogen-bond donors (Lipinski definition) is 0. The zero-order valence-electron chi connectivity index (χ0n) is 17.0. The summed E-state index contributed by atoms with van der Waals surface area (Å²) in [6, 6.07) is 9.91. The molecule has 8 heteroatoms. The highest BCUT2D eigenvalue weighted by atomic mass is 35.5. The molecular formula is C22H24ClN7. The average Bonchev–Trinajstić information content (AvgIpc) is 3.43. The van der Waals surface area contributed by atoms with Crippen molar-refractivity contribution < 1.29 is 0 Å². The Balaban J connectivity index is 1.53. The van der Waals surface area contributed by atoms with Gasteiger partial charge in [0.25, 0.3) is 0 Å². The van der Waals surface area contributed by atoms with Gasteiger partial charge in [0.2, 0.25) is 0 Å². The van der Waals surface area contributed by atoms with Gasteiger partial charge in [-0.3, -0.25) is 9.89 Å². The molecule has 2 aliphatic heterocycles. The zero-order valence-corrected chi connectivity index (χ0v) is 17.8. The number of hydrogen-bond acceptors (Lipinski definition) is 6. The van der Waals surface area contributed by atoms with Gasteiger partial charge in [0.15, 0.2) is 5.65 Å². The van der Waals surface area contributed by atoms with Crippen molar-refractivity contribution in [3.63, 3.8) is 0 Å². The van der Waals surface area contributed by atoms with Crippen LogP contribution in [0.3, 0.4) is 0 Å². The summed E-state index contributed by atoms with van der Waals surface area (Å²) in [6.45, 7) is 6.00. The van der Waals surface area contributed by atoms with E-state index in [1.165, 1.54) is 0 Å². The van der Waals surface area contributed by atoms with Crippen molar-refractivity contribution in [1.29, 1.82) is 0 Å². The predicted octanol–water partition coefficient (Wildman–Crippen LogP) is 3.21. The molecule has 0 saturated carbocycles. The van der Waals surface area contributed by atoms with Crippen LogP contribution in [0.4, 0.5) is 0 Å². The fraction of sp³-hybridized carbons (Fsp3) is 0.364. The van der Waals surface area contributed by atoms with Gasteiger partial charge in [-0.05, 0) is 7.05 Å². The maximum atomic E-state index is 6.89. The van der Waals surface area contributed by atoms with Crippen LogP contribution in [-0.2, 0) is 6.54 Å². The Hall–Kier alpha value is -2.61. The predicted molar refractivity (Wildman–Crippen MR) is 121 cm³/mol. The Labute approximate surface area is 180 Å². The van der Waals surface area contributed by atoms with Gasteiger partial charge in [-0.2, -0.15) is 5.10 Å². The number of fused-ring (bicyclic) bond motifs is 1. The molecule has 0 bridgehead atoms. The van der Waals surface area contributed by atoms with Crippen LogP contribution in [0.25, 0.3) is 28.0 Å². The fourth-order valence-electron chi connectivity index (χ4n) is 3.97. The van der Waals surface area contributed by atoms with Gasteiger partial charge in [-0.25, -0.2) is 4.68 Å². The normalized spacial score (nSPS) is 17.7. The number of nitrogens with zero attached hydrogens (tertiary/aromatic N) is 7. The molecule has 0 N–H and O–H groups in total. The lowest BCUT2D eigenvalue weighted by molar-refractivity contribution is 0.149. The van der Waals surface area contributed by atoms with Crippen molar-refractivity contribution in [3.8, 4) is 11.3 Å². The molecule has 1 saturated heterocycles. The number of allylic oxidation sites excluding steroid dienone is 1. The molecule has 5 rings (SSSR count). The highest BCUT2D eigenvalue weighted by molar-refractivity contribution is 6.38. The molecule has 30 heavy (non-hydrogen) atoms. The molecule has 0 atom stereocenters. The summed E-state index contributed by atoms with van der Waals surface area (Å²) in [4.78, 5) is 9.33. The smallest absolute Gasteiger partial charge is 0.182 e. The zero-order chi connectivity index (χ0) is 20.5. The number of rotatable bonds is 5. The standard InChI is InChI=1S/C22H24ClN7/c1-28-10-12-29(13-11-28)14-15-30-22-18(21(27-30)17-8-5-9-24-17)19(23)20(25-26-22)16-6-3-2-4-7-16/h2-4,6-9H,5,10-15H2,1H3. The Kier molecular flexibility index (Phi) is 5.33. The van der Waals surface area contributed by atoms with E-state index in [-0.39, 0.29) is 0 Å². The van der Waals surface area contributed by atoms with Gasteiger partial charge in [-0.15, -0.1) is 10.2 Å². The highest BCUT2D eigenvalue weighted by Gasteiger charge is 2.23. The Morgan fingerprint density at radius 1 is 0.967 bits per heavy atom. The fourth-order valence-corrected chi connectivity index (χ4v) is 4.29. The number of piperazine rings is 1. The summed E-state index contributed by atoms with van der Waals surface area (Å²) in [5.41, 5.74) is 3.97. The second-order valence-corrected chi connectivity index (χ2v) is 8.16. The van der Waals surface area contributed by atoms with E-state index in [2.05, 4.69) is 38.1 Å². The largest absolute Gasteiger partial charge is 0.304 e. The lowest BCUT2D eigenvalue weighted by Crippen LogP contribution is -2.45. The molecule has 0 radical (unpaired) electrons. The van der Waals surface area contributed by atoms with E-state index in [1.54, 1.807) is 0 Å². The highest BCUT2D eigenvalue weighted by Crippen LogP contribution is 2.36. The molecule has 154 valence electrons. The number of likely N-dealkylation sites (N-methyl/N-ethyl adjacent to an activating group) is 1. The minimum atomic E-state index is 0.579. The minimum Gasteiger partial charge on any atom is -0.304 e. The van der Waals surface area contributed by atoms with E-state index >= 15 is 0 Å². The van der Waals surface area contributed by atoms with Crippen LogP contribution in [0.15, 0.2) is 41.4 Å². The second kappa shape index (κ2) is 8.26. The quantitative estimate of drug-likeness (QED) is 0.633.